The summed E-state index contributed by atoms with van der Waals surface area (Å²) in [6.45, 7) is 12.0. The van der Waals surface area contributed by atoms with Crippen LogP contribution in [-0.4, -0.2) is 96.7 Å². The number of unbranched alkanes of at least 4 members (excludes halogenated alkanes) is 47. The summed E-state index contributed by atoms with van der Waals surface area (Å²) in [6, 6.07) is 0. The van der Waals surface area contributed by atoms with Crippen molar-refractivity contribution >= 4 is 39.5 Å². The molecule has 0 aliphatic heterocycles. The minimum absolute atomic E-state index is 0.106. The van der Waals surface area contributed by atoms with Crippen molar-refractivity contribution in [2.24, 2.45) is 17.8 Å². The van der Waals surface area contributed by atoms with Gasteiger partial charge >= 0.3 is 39.5 Å². The van der Waals surface area contributed by atoms with Crippen LogP contribution < -0.4 is 0 Å². The van der Waals surface area contributed by atoms with Crippen LogP contribution in [0.25, 0.3) is 0 Å². The van der Waals surface area contributed by atoms with Crippen molar-refractivity contribution in [1.29, 1.82) is 0 Å². The van der Waals surface area contributed by atoms with Crippen molar-refractivity contribution in [3.8, 4) is 0 Å². The van der Waals surface area contributed by atoms with Gasteiger partial charge in [-0.25, -0.2) is 9.13 Å². The number of hydrogen-bond donors (Lipinski definition) is 3. The Morgan fingerprint density at radius 1 is 0.287 bits per heavy atom. The number of rotatable bonds is 80. The van der Waals surface area contributed by atoms with Crippen LogP contribution in [0.15, 0.2) is 0 Å². The normalized spacial score (nSPS) is 14.2. The maximum atomic E-state index is 13.1. The summed E-state index contributed by atoms with van der Waals surface area (Å²) in [5, 5.41) is 10.7. The van der Waals surface area contributed by atoms with Gasteiger partial charge in [0, 0.05) is 25.7 Å². The van der Waals surface area contributed by atoms with E-state index in [1.54, 1.807) is 0 Å². The molecule has 0 rings (SSSR count). The van der Waals surface area contributed by atoms with Gasteiger partial charge in [-0.3, -0.25) is 37.3 Å². The zero-order chi connectivity index (χ0) is 74.4. The summed E-state index contributed by atoms with van der Waals surface area (Å²) in [6.07, 6.45) is 61.0. The van der Waals surface area contributed by atoms with Gasteiger partial charge in [0.05, 0.1) is 26.4 Å². The molecule has 6 atom stereocenters. The molecule has 0 aromatic carbocycles. The van der Waals surface area contributed by atoms with E-state index >= 15 is 0 Å². The molecular formula is C82H160O17P2. The van der Waals surface area contributed by atoms with E-state index < -0.39 is 97.5 Å². The Kier molecular flexibility index (Phi) is 70.9. The third kappa shape index (κ3) is 74.7. The molecule has 0 amide bonds. The molecule has 0 saturated carbocycles. The lowest BCUT2D eigenvalue weighted by Crippen LogP contribution is -2.30. The summed E-state index contributed by atoms with van der Waals surface area (Å²) in [7, 11) is -9.92. The Labute approximate surface area is 619 Å². The predicted octanol–water partition coefficient (Wildman–Crippen LogP) is 24.5. The summed E-state index contributed by atoms with van der Waals surface area (Å²) in [5.41, 5.74) is 0. The summed E-state index contributed by atoms with van der Waals surface area (Å²) < 4.78 is 68.8. The molecule has 0 aromatic heterocycles. The first-order valence-electron chi connectivity index (χ1n) is 42.4. The van der Waals surface area contributed by atoms with Gasteiger partial charge in [-0.05, 0) is 43.4 Å². The van der Waals surface area contributed by atoms with Crippen LogP contribution in [0.4, 0.5) is 0 Å². The first kappa shape index (κ1) is 99.1. The molecule has 0 heterocycles. The first-order valence-corrected chi connectivity index (χ1v) is 45.4. The monoisotopic (exact) mass is 1480 g/mol. The number of ether oxygens (including phenoxy) is 4. The van der Waals surface area contributed by atoms with Crippen molar-refractivity contribution in [3.05, 3.63) is 0 Å². The maximum absolute atomic E-state index is 13.1. The van der Waals surface area contributed by atoms with E-state index in [9.17, 15) is 43.2 Å². The Bertz CT molecular complexity index is 1960. The fourth-order valence-corrected chi connectivity index (χ4v) is 14.2. The minimum atomic E-state index is -4.96. The Hall–Kier alpha value is -1.94. The van der Waals surface area contributed by atoms with Gasteiger partial charge in [0.25, 0.3) is 0 Å². The van der Waals surface area contributed by atoms with Crippen LogP contribution in [0.1, 0.15) is 427 Å². The van der Waals surface area contributed by atoms with Gasteiger partial charge in [0.1, 0.15) is 19.3 Å². The molecule has 0 bridgehead atoms. The van der Waals surface area contributed by atoms with Crippen LogP contribution in [0.3, 0.4) is 0 Å². The van der Waals surface area contributed by atoms with Gasteiger partial charge in [-0.15, -0.1) is 0 Å². The predicted molar refractivity (Wildman–Crippen MR) is 414 cm³/mol. The number of phosphoric ester groups is 2. The van der Waals surface area contributed by atoms with Crippen molar-refractivity contribution in [2.75, 3.05) is 39.6 Å². The fraction of sp³-hybridized carbons (Fsp3) is 0.951. The van der Waals surface area contributed by atoms with E-state index in [0.717, 1.165) is 108 Å². The lowest BCUT2D eigenvalue weighted by molar-refractivity contribution is -0.161. The minimum Gasteiger partial charge on any atom is -0.462 e. The zero-order valence-electron chi connectivity index (χ0n) is 66.4. The van der Waals surface area contributed by atoms with Crippen LogP contribution >= 0.6 is 15.6 Å². The molecule has 0 aromatic rings. The van der Waals surface area contributed by atoms with Crippen LogP contribution in [0, 0.1) is 17.8 Å². The molecule has 3 unspecified atom stereocenters. The van der Waals surface area contributed by atoms with Crippen LogP contribution in [0.2, 0.25) is 0 Å². The SMILES string of the molecule is CCCCCCCCCCCCCCCCCCCCCC(=O)O[C@H](COC(=O)CCCCCCCCCCCCCCCCC(C)C)COP(=O)(O)OC[C@@H](O)COP(=O)(O)OC[C@@H](COC(=O)CCCCCCCCCCC(C)CC)OC(=O)CCCCCCCCCCCCC(C)C. The van der Waals surface area contributed by atoms with Gasteiger partial charge in [-0.1, -0.05) is 376 Å². The molecule has 600 valence electrons. The highest BCUT2D eigenvalue weighted by Gasteiger charge is 2.30. The largest absolute Gasteiger partial charge is 0.472 e. The molecule has 0 radical (unpaired) electrons. The van der Waals surface area contributed by atoms with Gasteiger partial charge < -0.3 is 33.8 Å². The second kappa shape index (κ2) is 72.3. The summed E-state index contributed by atoms with van der Waals surface area (Å²) in [4.78, 5) is 73.1. The van der Waals surface area contributed by atoms with Crippen molar-refractivity contribution in [3.63, 3.8) is 0 Å². The number of esters is 4. The number of aliphatic hydroxyl groups excluding tert-OH is 1. The molecule has 17 nitrogen and oxygen atoms in total. The summed E-state index contributed by atoms with van der Waals surface area (Å²) >= 11 is 0. The molecule has 19 heteroatoms. The lowest BCUT2D eigenvalue weighted by Gasteiger charge is -2.21. The summed E-state index contributed by atoms with van der Waals surface area (Å²) in [5.74, 6) is 0.219. The van der Waals surface area contributed by atoms with Gasteiger partial charge in [0.15, 0.2) is 12.2 Å². The van der Waals surface area contributed by atoms with Crippen LogP contribution in [0.5, 0.6) is 0 Å². The lowest BCUT2D eigenvalue weighted by atomic mass is 9.99. The van der Waals surface area contributed by atoms with E-state index in [1.807, 2.05) is 0 Å². The molecular weight excluding hydrogens is 1320 g/mol. The van der Waals surface area contributed by atoms with Gasteiger partial charge in [0.2, 0.25) is 0 Å². The molecule has 0 spiro atoms. The van der Waals surface area contributed by atoms with Gasteiger partial charge in [-0.2, -0.15) is 0 Å². The van der Waals surface area contributed by atoms with Crippen LogP contribution in [-0.2, 0) is 65.4 Å². The smallest absolute Gasteiger partial charge is 0.462 e. The average molecular weight is 1480 g/mol. The molecule has 101 heavy (non-hydrogen) atoms. The second-order valence-corrected chi connectivity index (χ2v) is 33.6. The van der Waals surface area contributed by atoms with E-state index in [0.29, 0.717) is 25.7 Å². The molecule has 0 saturated heterocycles. The quantitative estimate of drug-likeness (QED) is 0.0222. The molecule has 0 aliphatic carbocycles. The number of carbonyl (C=O) groups excluding carboxylic acids is 4. The fourth-order valence-electron chi connectivity index (χ4n) is 12.6. The molecule has 3 N–H and O–H groups in total. The van der Waals surface area contributed by atoms with E-state index in [2.05, 4.69) is 48.5 Å². The van der Waals surface area contributed by atoms with Crippen molar-refractivity contribution in [1.82, 2.24) is 0 Å². The number of hydrogen-bond acceptors (Lipinski definition) is 15. The molecule has 0 aliphatic rings. The highest BCUT2D eigenvalue weighted by Crippen LogP contribution is 2.45. The Balaban J connectivity index is 5.26. The van der Waals surface area contributed by atoms with E-state index in [1.165, 1.54) is 238 Å². The maximum Gasteiger partial charge on any atom is 0.472 e. The highest BCUT2D eigenvalue weighted by molar-refractivity contribution is 7.47. The number of carbonyl (C=O) groups is 4. The Morgan fingerprint density at radius 3 is 0.752 bits per heavy atom. The second-order valence-electron chi connectivity index (χ2n) is 30.7. The average Bonchev–Trinajstić information content (AvgIpc) is 1.09. The standard InChI is InChI=1S/C82H160O17P2/c1-8-10-11-12-13-14-15-16-17-18-19-20-21-26-29-35-44-51-58-65-81(86)98-77(69-92-79(84)63-56-49-42-34-28-25-23-22-24-27-32-39-46-53-60-73(3)4)71-96-100(88,89)94-67-76(83)68-95-101(90,91)97-72-78(70-93-80(85)64-57-50-43-38-37-41-48-55-62-75(7)9-2)99-82(87)66-59-52-45-36-31-30-33-40-47-54-61-74(5)6/h73-78,83H,8-72H2,1-7H3,(H,88,89)(H,90,91)/t75?,76-,77-,78-/m1/s1. The zero-order valence-corrected chi connectivity index (χ0v) is 68.2. The van der Waals surface area contributed by atoms with Crippen molar-refractivity contribution in [2.45, 2.75) is 446 Å². The first-order chi connectivity index (χ1) is 48.8. The highest BCUT2D eigenvalue weighted by atomic mass is 31.2. The van der Waals surface area contributed by atoms with E-state index in [-0.39, 0.29) is 25.7 Å². The topological polar surface area (TPSA) is 237 Å². The number of phosphoric acid groups is 2. The number of aliphatic hydroxyl groups is 1. The third-order valence-electron chi connectivity index (χ3n) is 19.5. The molecule has 0 fully saturated rings. The van der Waals surface area contributed by atoms with Crippen molar-refractivity contribution < 1.29 is 80.2 Å². The van der Waals surface area contributed by atoms with E-state index in [4.69, 9.17) is 37.0 Å². The third-order valence-corrected chi connectivity index (χ3v) is 21.4. The Morgan fingerprint density at radius 2 is 0.505 bits per heavy atom.